The van der Waals surface area contributed by atoms with E-state index in [1.807, 2.05) is 37.1 Å². The summed E-state index contributed by atoms with van der Waals surface area (Å²) in [5.41, 5.74) is 1.90. The average molecular weight is 324 g/mol. The maximum atomic E-state index is 12.6. The van der Waals surface area contributed by atoms with Crippen molar-refractivity contribution in [2.24, 2.45) is 5.92 Å². The topological polar surface area (TPSA) is 20.3 Å². The van der Waals surface area contributed by atoms with Crippen molar-refractivity contribution in [2.45, 2.75) is 45.6 Å². The van der Waals surface area contributed by atoms with Gasteiger partial charge >= 0.3 is 0 Å². The van der Waals surface area contributed by atoms with Crippen LogP contribution in [0.2, 0.25) is 0 Å². The highest BCUT2D eigenvalue weighted by atomic mass is 79.9. The van der Waals surface area contributed by atoms with Crippen molar-refractivity contribution in [1.29, 1.82) is 0 Å². The van der Waals surface area contributed by atoms with E-state index in [0.717, 1.165) is 34.4 Å². The fourth-order valence-electron chi connectivity index (χ4n) is 2.91. The number of carbonyl (C=O) groups is 1. The van der Waals surface area contributed by atoms with E-state index >= 15 is 0 Å². The molecule has 1 saturated carbocycles. The smallest absolute Gasteiger partial charge is 0.254 e. The molecule has 0 heterocycles. The second-order valence-electron chi connectivity index (χ2n) is 5.82. The van der Waals surface area contributed by atoms with Crippen LogP contribution in [0.3, 0.4) is 0 Å². The molecule has 1 aromatic rings. The van der Waals surface area contributed by atoms with Crippen LogP contribution < -0.4 is 0 Å². The molecule has 19 heavy (non-hydrogen) atoms. The third kappa shape index (κ3) is 3.38. The predicted octanol–water partition coefficient (Wildman–Crippen LogP) is 4.41. The fraction of sp³-hybridized carbons (Fsp3) is 0.562. The molecule has 2 unspecified atom stereocenters. The minimum absolute atomic E-state index is 0.134. The first-order chi connectivity index (χ1) is 8.99. The van der Waals surface area contributed by atoms with Crippen molar-refractivity contribution >= 4 is 21.8 Å². The number of aryl methyl sites for hydroxylation is 1. The van der Waals surface area contributed by atoms with E-state index in [1.54, 1.807) is 0 Å². The highest BCUT2D eigenvalue weighted by molar-refractivity contribution is 9.10. The minimum Gasteiger partial charge on any atom is -0.339 e. The fourth-order valence-corrected chi connectivity index (χ4v) is 3.33. The Hall–Kier alpha value is -0.830. The number of amides is 1. The summed E-state index contributed by atoms with van der Waals surface area (Å²) in [6.45, 7) is 4.30. The van der Waals surface area contributed by atoms with Gasteiger partial charge in [-0.1, -0.05) is 31.4 Å². The molecule has 0 N–H and O–H groups in total. The van der Waals surface area contributed by atoms with Gasteiger partial charge in [-0.05, 0) is 53.7 Å². The molecule has 0 aliphatic heterocycles. The van der Waals surface area contributed by atoms with Gasteiger partial charge in [-0.25, -0.2) is 0 Å². The third-order valence-electron chi connectivity index (χ3n) is 4.13. The summed E-state index contributed by atoms with van der Waals surface area (Å²) in [7, 11) is 1.94. The van der Waals surface area contributed by atoms with Gasteiger partial charge in [0.2, 0.25) is 0 Å². The summed E-state index contributed by atoms with van der Waals surface area (Å²) < 4.78 is 0.888. The van der Waals surface area contributed by atoms with Crippen molar-refractivity contribution < 1.29 is 4.79 Å². The summed E-state index contributed by atoms with van der Waals surface area (Å²) in [6, 6.07) is 6.34. The van der Waals surface area contributed by atoms with E-state index in [4.69, 9.17) is 0 Å². The molecule has 0 saturated heterocycles. The molecule has 1 aromatic carbocycles. The molecule has 1 amide bonds. The molecule has 0 radical (unpaired) electrons. The first-order valence-corrected chi connectivity index (χ1v) is 7.81. The first kappa shape index (κ1) is 14.6. The van der Waals surface area contributed by atoms with E-state index in [1.165, 1.54) is 12.8 Å². The SMILES string of the molecule is Cc1ccc(Br)c(C(=O)N(C)C2CCCC(C)C2)c1. The van der Waals surface area contributed by atoms with Crippen LogP contribution in [0.15, 0.2) is 22.7 Å². The van der Waals surface area contributed by atoms with Crippen LogP contribution in [0.4, 0.5) is 0 Å². The summed E-state index contributed by atoms with van der Waals surface area (Å²) >= 11 is 3.49. The zero-order chi connectivity index (χ0) is 14.0. The second kappa shape index (κ2) is 6.08. The van der Waals surface area contributed by atoms with E-state index < -0.39 is 0 Å². The van der Waals surface area contributed by atoms with Crippen LogP contribution in [0.25, 0.3) is 0 Å². The van der Waals surface area contributed by atoms with Crippen LogP contribution in [0.1, 0.15) is 48.5 Å². The lowest BCUT2D eigenvalue weighted by Crippen LogP contribution is -2.40. The van der Waals surface area contributed by atoms with Gasteiger partial charge < -0.3 is 4.90 Å². The van der Waals surface area contributed by atoms with E-state index in [0.29, 0.717) is 6.04 Å². The van der Waals surface area contributed by atoms with Crippen LogP contribution in [0.5, 0.6) is 0 Å². The van der Waals surface area contributed by atoms with E-state index in [9.17, 15) is 4.79 Å². The molecular formula is C16H22BrNO. The highest BCUT2D eigenvalue weighted by Gasteiger charge is 2.26. The molecule has 104 valence electrons. The zero-order valence-corrected chi connectivity index (χ0v) is 13.5. The Morgan fingerprint density at radius 3 is 2.79 bits per heavy atom. The lowest BCUT2D eigenvalue weighted by atomic mass is 9.86. The lowest BCUT2D eigenvalue weighted by molar-refractivity contribution is 0.0671. The summed E-state index contributed by atoms with van der Waals surface area (Å²) in [5.74, 6) is 0.865. The molecule has 0 aromatic heterocycles. The number of carbonyl (C=O) groups excluding carboxylic acids is 1. The standard InChI is InChI=1S/C16H22BrNO/c1-11-5-4-6-13(9-11)18(3)16(19)14-10-12(2)7-8-15(14)17/h7-8,10-11,13H,4-6,9H2,1-3H3. The van der Waals surface area contributed by atoms with Crippen LogP contribution in [-0.4, -0.2) is 23.9 Å². The van der Waals surface area contributed by atoms with E-state index in [2.05, 4.69) is 22.9 Å². The van der Waals surface area contributed by atoms with Crippen molar-refractivity contribution in [3.05, 3.63) is 33.8 Å². The quantitative estimate of drug-likeness (QED) is 0.789. The summed E-state index contributed by atoms with van der Waals surface area (Å²) in [5, 5.41) is 0. The molecule has 3 heteroatoms. The first-order valence-electron chi connectivity index (χ1n) is 7.02. The van der Waals surface area contributed by atoms with Crippen molar-refractivity contribution in [2.75, 3.05) is 7.05 Å². The van der Waals surface area contributed by atoms with Crippen LogP contribution in [-0.2, 0) is 0 Å². The van der Waals surface area contributed by atoms with Crippen LogP contribution in [0, 0.1) is 12.8 Å². The highest BCUT2D eigenvalue weighted by Crippen LogP contribution is 2.28. The number of nitrogens with zero attached hydrogens (tertiary/aromatic N) is 1. The van der Waals surface area contributed by atoms with Crippen molar-refractivity contribution in [3.63, 3.8) is 0 Å². The zero-order valence-electron chi connectivity index (χ0n) is 11.9. The summed E-state index contributed by atoms with van der Waals surface area (Å²) in [6.07, 6.45) is 4.80. The maximum absolute atomic E-state index is 12.6. The Kier molecular flexibility index (Phi) is 4.67. The van der Waals surface area contributed by atoms with Gasteiger partial charge in [-0.15, -0.1) is 0 Å². The van der Waals surface area contributed by atoms with Crippen LogP contribution >= 0.6 is 15.9 Å². The van der Waals surface area contributed by atoms with Gasteiger partial charge in [0.25, 0.3) is 5.91 Å². The monoisotopic (exact) mass is 323 g/mol. The molecule has 1 fully saturated rings. The maximum Gasteiger partial charge on any atom is 0.254 e. The number of hydrogen-bond acceptors (Lipinski definition) is 1. The Morgan fingerprint density at radius 2 is 2.11 bits per heavy atom. The average Bonchev–Trinajstić information content (AvgIpc) is 2.40. The van der Waals surface area contributed by atoms with Gasteiger partial charge in [-0.3, -0.25) is 4.79 Å². The molecule has 1 aliphatic carbocycles. The van der Waals surface area contributed by atoms with Gasteiger partial charge in [0.05, 0.1) is 5.56 Å². The van der Waals surface area contributed by atoms with E-state index in [-0.39, 0.29) is 5.91 Å². The second-order valence-corrected chi connectivity index (χ2v) is 6.68. The number of benzene rings is 1. The molecule has 2 rings (SSSR count). The lowest BCUT2D eigenvalue weighted by Gasteiger charge is -2.34. The number of halogens is 1. The molecule has 2 atom stereocenters. The molecule has 1 aliphatic rings. The molecule has 2 nitrogen and oxygen atoms in total. The molecular weight excluding hydrogens is 302 g/mol. The van der Waals surface area contributed by atoms with Crippen molar-refractivity contribution in [1.82, 2.24) is 4.90 Å². The predicted molar refractivity (Wildman–Crippen MR) is 82.4 cm³/mol. The Morgan fingerprint density at radius 1 is 1.37 bits per heavy atom. The Bertz CT molecular complexity index is 472. The van der Waals surface area contributed by atoms with Gasteiger partial charge in [0.1, 0.15) is 0 Å². The third-order valence-corrected chi connectivity index (χ3v) is 4.82. The minimum atomic E-state index is 0.134. The Balaban J connectivity index is 2.16. The Labute approximate surface area is 124 Å². The van der Waals surface area contributed by atoms with Gasteiger partial charge in [0, 0.05) is 17.6 Å². The van der Waals surface area contributed by atoms with Gasteiger partial charge in [0.15, 0.2) is 0 Å². The number of hydrogen-bond donors (Lipinski definition) is 0. The van der Waals surface area contributed by atoms with Crippen molar-refractivity contribution in [3.8, 4) is 0 Å². The molecule has 0 spiro atoms. The molecule has 0 bridgehead atoms. The summed E-state index contributed by atoms with van der Waals surface area (Å²) in [4.78, 5) is 14.6. The largest absolute Gasteiger partial charge is 0.339 e. The van der Waals surface area contributed by atoms with Gasteiger partial charge in [-0.2, -0.15) is 0 Å². The number of rotatable bonds is 2. The normalized spacial score (nSPS) is 23.2.